The van der Waals surface area contributed by atoms with E-state index in [-0.39, 0.29) is 5.91 Å². The third-order valence-electron chi connectivity index (χ3n) is 3.55. The number of ether oxygens (including phenoxy) is 1. The molecule has 108 valence electrons. The molecule has 3 nitrogen and oxygen atoms in total. The van der Waals surface area contributed by atoms with Gasteiger partial charge in [-0.1, -0.05) is 41.9 Å². The van der Waals surface area contributed by atoms with Gasteiger partial charge < -0.3 is 10.1 Å². The largest absolute Gasteiger partial charge is 0.480 e. The molecule has 1 aliphatic rings. The molecule has 0 saturated heterocycles. The predicted molar refractivity (Wildman–Crippen MR) is 82.7 cm³/mol. The molecule has 1 N–H and O–H groups in total. The van der Waals surface area contributed by atoms with Crippen LogP contribution in [0.4, 0.5) is 0 Å². The molecule has 0 aromatic heterocycles. The molecule has 2 aromatic carbocycles. The van der Waals surface area contributed by atoms with Crippen LogP contribution in [0.3, 0.4) is 0 Å². The number of hydrogen-bond donors (Lipinski definition) is 1. The Kier molecular flexibility index (Phi) is 4.11. The predicted octanol–water partition coefficient (Wildman–Crippen LogP) is 3.00. The van der Waals surface area contributed by atoms with Gasteiger partial charge in [0.05, 0.1) is 0 Å². The van der Waals surface area contributed by atoms with Crippen molar-refractivity contribution in [2.75, 3.05) is 6.54 Å². The fourth-order valence-electron chi connectivity index (χ4n) is 2.45. The first-order valence-corrected chi connectivity index (χ1v) is 7.37. The summed E-state index contributed by atoms with van der Waals surface area (Å²) in [5, 5.41) is 3.59. The zero-order valence-electron chi connectivity index (χ0n) is 11.5. The van der Waals surface area contributed by atoms with Gasteiger partial charge in [-0.05, 0) is 35.7 Å². The van der Waals surface area contributed by atoms with Crippen LogP contribution in [0.1, 0.15) is 11.1 Å². The molecule has 21 heavy (non-hydrogen) atoms. The van der Waals surface area contributed by atoms with Gasteiger partial charge in [0.1, 0.15) is 5.75 Å². The summed E-state index contributed by atoms with van der Waals surface area (Å²) in [6.07, 6.45) is 0.944. The quantitative estimate of drug-likeness (QED) is 0.943. The van der Waals surface area contributed by atoms with Gasteiger partial charge in [0, 0.05) is 18.0 Å². The molecule has 0 fully saturated rings. The Morgan fingerprint density at radius 2 is 2.05 bits per heavy atom. The molecule has 1 heterocycles. The van der Waals surface area contributed by atoms with Crippen molar-refractivity contribution in [3.8, 4) is 5.75 Å². The van der Waals surface area contributed by atoms with Gasteiger partial charge in [-0.25, -0.2) is 0 Å². The summed E-state index contributed by atoms with van der Waals surface area (Å²) >= 11 is 5.95. The maximum atomic E-state index is 12.1. The summed E-state index contributed by atoms with van der Waals surface area (Å²) in [5.74, 6) is 0.681. The molecule has 1 unspecified atom stereocenters. The number of benzene rings is 2. The molecule has 0 saturated carbocycles. The molecule has 4 heteroatoms. The van der Waals surface area contributed by atoms with Crippen LogP contribution in [0.2, 0.25) is 5.02 Å². The molecule has 0 radical (unpaired) electrons. The fraction of sp³-hybridized carbons (Fsp3) is 0.235. The third-order valence-corrected chi connectivity index (χ3v) is 3.78. The van der Waals surface area contributed by atoms with E-state index in [9.17, 15) is 4.79 Å². The summed E-state index contributed by atoms with van der Waals surface area (Å²) in [5.41, 5.74) is 2.20. The number of nitrogens with one attached hydrogen (secondary N) is 1. The normalized spacial score (nSPS) is 16.1. The average Bonchev–Trinajstić information content (AvgIpc) is 2.91. The lowest BCUT2D eigenvalue weighted by Gasteiger charge is -2.11. The van der Waals surface area contributed by atoms with Crippen LogP contribution in [0.5, 0.6) is 5.75 Å². The number of carbonyl (C=O) groups is 1. The number of amides is 1. The molecule has 1 atom stereocenters. The Morgan fingerprint density at radius 3 is 2.86 bits per heavy atom. The highest BCUT2D eigenvalue weighted by Gasteiger charge is 2.28. The molecule has 1 amide bonds. The second-order valence-electron chi connectivity index (χ2n) is 5.09. The summed E-state index contributed by atoms with van der Waals surface area (Å²) in [7, 11) is 0. The van der Waals surface area contributed by atoms with Crippen molar-refractivity contribution in [3.63, 3.8) is 0 Å². The number of fused-ring (bicyclic) bond motifs is 1. The van der Waals surface area contributed by atoms with Gasteiger partial charge in [-0.15, -0.1) is 0 Å². The van der Waals surface area contributed by atoms with E-state index >= 15 is 0 Å². The van der Waals surface area contributed by atoms with Crippen molar-refractivity contribution in [2.45, 2.75) is 18.9 Å². The summed E-state index contributed by atoms with van der Waals surface area (Å²) in [4.78, 5) is 12.1. The number of hydrogen-bond acceptors (Lipinski definition) is 2. The molecular weight excluding hydrogens is 286 g/mol. The van der Waals surface area contributed by atoms with E-state index in [1.807, 2.05) is 30.3 Å². The van der Waals surface area contributed by atoms with Gasteiger partial charge in [0.15, 0.2) is 6.10 Å². The summed E-state index contributed by atoms with van der Waals surface area (Å²) < 4.78 is 5.66. The average molecular weight is 302 g/mol. The first-order valence-electron chi connectivity index (χ1n) is 6.99. The van der Waals surface area contributed by atoms with Crippen LogP contribution >= 0.6 is 11.6 Å². The third kappa shape index (κ3) is 3.37. The first-order chi connectivity index (χ1) is 10.2. The van der Waals surface area contributed by atoms with Gasteiger partial charge in [0.25, 0.3) is 5.91 Å². The van der Waals surface area contributed by atoms with Crippen molar-refractivity contribution >= 4 is 17.5 Å². The van der Waals surface area contributed by atoms with Crippen LogP contribution in [-0.4, -0.2) is 18.6 Å². The van der Waals surface area contributed by atoms with Crippen LogP contribution < -0.4 is 10.1 Å². The van der Waals surface area contributed by atoms with Gasteiger partial charge in [0.2, 0.25) is 0 Å². The number of rotatable bonds is 4. The minimum atomic E-state index is -0.450. The fourth-order valence-corrected chi connectivity index (χ4v) is 2.65. The lowest BCUT2D eigenvalue weighted by Crippen LogP contribution is -2.38. The van der Waals surface area contributed by atoms with E-state index in [1.165, 1.54) is 5.56 Å². The minimum absolute atomic E-state index is 0.0711. The van der Waals surface area contributed by atoms with Crippen LogP contribution in [0, 0.1) is 0 Å². The Labute approximate surface area is 128 Å². The second kappa shape index (κ2) is 6.19. The minimum Gasteiger partial charge on any atom is -0.480 e. The highest BCUT2D eigenvalue weighted by Crippen LogP contribution is 2.31. The second-order valence-corrected chi connectivity index (χ2v) is 5.53. The van der Waals surface area contributed by atoms with E-state index in [2.05, 4.69) is 17.4 Å². The topological polar surface area (TPSA) is 38.3 Å². The lowest BCUT2D eigenvalue weighted by atomic mass is 10.1. The Hall–Kier alpha value is -2.00. The van der Waals surface area contributed by atoms with Crippen molar-refractivity contribution in [3.05, 3.63) is 64.7 Å². The van der Waals surface area contributed by atoms with E-state index in [1.54, 1.807) is 6.07 Å². The summed E-state index contributed by atoms with van der Waals surface area (Å²) in [6, 6.07) is 15.5. The monoisotopic (exact) mass is 301 g/mol. The van der Waals surface area contributed by atoms with Gasteiger partial charge in [-0.2, -0.15) is 0 Å². The molecule has 0 bridgehead atoms. The van der Waals surface area contributed by atoms with Crippen molar-refractivity contribution in [1.29, 1.82) is 0 Å². The van der Waals surface area contributed by atoms with Gasteiger partial charge >= 0.3 is 0 Å². The molecule has 2 aromatic rings. The number of carbonyl (C=O) groups excluding carboxylic acids is 1. The maximum absolute atomic E-state index is 12.1. The standard InChI is InChI=1S/C17H16ClNO2/c18-14-6-7-15-13(10-14)11-16(21-15)17(20)19-9-8-12-4-2-1-3-5-12/h1-7,10,16H,8-9,11H2,(H,19,20). The van der Waals surface area contributed by atoms with E-state index in [0.29, 0.717) is 18.0 Å². The molecule has 3 rings (SSSR count). The molecule has 0 aliphatic carbocycles. The lowest BCUT2D eigenvalue weighted by molar-refractivity contribution is -0.127. The van der Waals surface area contributed by atoms with Crippen molar-refractivity contribution in [1.82, 2.24) is 5.32 Å². The number of halogens is 1. The van der Waals surface area contributed by atoms with Crippen LogP contribution in [0.25, 0.3) is 0 Å². The van der Waals surface area contributed by atoms with Crippen molar-refractivity contribution in [2.24, 2.45) is 0 Å². The zero-order chi connectivity index (χ0) is 14.7. The Bertz CT molecular complexity index is 642. The zero-order valence-corrected chi connectivity index (χ0v) is 12.3. The van der Waals surface area contributed by atoms with E-state index in [4.69, 9.17) is 16.3 Å². The molecular formula is C17H16ClNO2. The van der Waals surface area contributed by atoms with E-state index in [0.717, 1.165) is 17.7 Å². The smallest absolute Gasteiger partial charge is 0.261 e. The molecule has 0 spiro atoms. The first kappa shape index (κ1) is 14.0. The summed E-state index contributed by atoms with van der Waals surface area (Å²) in [6.45, 7) is 0.611. The SMILES string of the molecule is O=C(NCCc1ccccc1)C1Cc2cc(Cl)ccc2O1. The van der Waals surface area contributed by atoms with Gasteiger partial charge in [-0.3, -0.25) is 4.79 Å². The van der Waals surface area contributed by atoms with Crippen molar-refractivity contribution < 1.29 is 9.53 Å². The van der Waals surface area contributed by atoms with Crippen LogP contribution in [0.15, 0.2) is 48.5 Å². The highest BCUT2D eigenvalue weighted by molar-refractivity contribution is 6.30. The molecule has 1 aliphatic heterocycles. The van der Waals surface area contributed by atoms with Crippen LogP contribution in [-0.2, 0) is 17.6 Å². The Balaban J connectivity index is 1.51. The van der Waals surface area contributed by atoms with E-state index < -0.39 is 6.10 Å². The Morgan fingerprint density at radius 1 is 1.24 bits per heavy atom. The highest BCUT2D eigenvalue weighted by atomic mass is 35.5. The maximum Gasteiger partial charge on any atom is 0.261 e.